The average Bonchev–Trinajstić information content (AvgIpc) is 3.23. The number of aromatic nitrogens is 1. The van der Waals surface area contributed by atoms with Crippen molar-refractivity contribution in [3.05, 3.63) is 16.7 Å². The molecule has 1 aliphatic rings. The number of pyridine rings is 1. The van der Waals surface area contributed by atoms with E-state index in [4.69, 9.17) is 0 Å². The van der Waals surface area contributed by atoms with Gasteiger partial charge in [0.25, 0.3) is 0 Å². The first-order valence-electron chi connectivity index (χ1n) is 6.75. The normalized spacial score (nSPS) is 17.2. The Morgan fingerprint density at radius 2 is 2.20 bits per heavy atom. The number of hydrogen-bond donors (Lipinski definition) is 1. The van der Waals surface area contributed by atoms with Gasteiger partial charge in [0, 0.05) is 30.3 Å². The number of anilines is 1. The number of hydrogen-bond acceptors (Lipinski definition) is 4. The summed E-state index contributed by atoms with van der Waals surface area (Å²) < 4.78 is 27.7. The Hall–Kier alpha value is -0.660. The van der Waals surface area contributed by atoms with E-state index in [0.717, 1.165) is 12.8 Å². The molecule has 7 heteroatoms. The van der Waals surface area contributed by atoms with E-state index in [9.17, 15) is 8.42 Å². The molecular weight excluding hydrogens is 342 g/mol. The maximum absolute atomic E-state index is 12.8. The van der Waals surface area contributed by atoms with Crippen LogP contribution in [0.2, 0.25) is 0 Å². The molecule has 1 heterocycles. The number of rotatable bonds is 6. The summed E-state index contributed by atoms with van der Waals surface area (Å²) in [5, 5.41) is 3.01. The van der Waals surface area contributed by atoms with Crippen molar-refractivity contribution in [1.29, 1.82) is 0 Å². The lowest BCUT2D eigenvalue weighted by molar-refractivity contribution is 0.357. The van der Waals surface area contributed by atoms with Gasteiger partial charge in [0.1, 0.15) is 10.7 Å². The van der Waals surface area contributed by atoms with Gasteiger partial charge in [0.2, 0.25) is 10.0 Å². The summed E-state index contributed by atoms with van der Waals surface area (Å²) in [6.07, 6.45) is 3.82. The Bertz CT molecular complexity index is 587. The summed E-state index contributed by atoms with van der Waals surface area (Å²) in [5.74, 6) is 0.892. The van der Waals surface area contributed by atoms with Gasteiger partial charge in [-0.15, -0.1) is 0 Å². The molecule has 2 rings (SSSR count). The van der Waals surface area contributed by atoms with Crippen molar-refractivity contribution in [3.8, 4) is 0 Å². The van der Waals surface area contributed by atoms with Crippen LogP contribution in [0.5, 0.6) is 0 Å². The SMILES string of the molecule is CCNc1ncc(Br)cc1S(=O)(=O)N(C)C(C)C1CC1. The highest BCUT2D eigenvalue weighted by atomic mass is 79.9. The Morgan fingerprint density at radius 3 is 2.75 bits per heavy atom. The summed E-state index contributed by atoms with van der Waals surface area (Å²) in [6.45, 7) is 4.50. The minimum absolute atomic E-state index is 0.0217. The lowest BCUT2D eigenvalue weighted by Crippen LogP contribution is -2.36. The number of nitrogens with zero attached hydrogens (tertiary/aromatic N) is 2. The first kappa shape index (κ1) is 15.7. The Kier molecular flexibility index (Phi) is 4.71. The van der Waals surface area contributed by atoms with Gasteiger partial charge in [0.05, 0.1) is 0 Å². The van der Waals surface area contributed by atoms with Crippen LogP contribution in [0.3, 0.4) is 0 Å². The van der Waals surface area contributed by atoms with Crippen LogP contribution in [0.4, 0.5) is 5.82 Å². The standard InChI is InChI=1S/C13H20BrN3O2S/c1-4-15-13-12(7-11(14)8-16-13)20(18,19)17(3)9(2)10-5-6-10/h7-10H,4-6H2,1-3H3,(H,15,16). The minimum atomic E-state index is -3.54. The molecule has 1 fully saturated rings. The predicted molar refractivity (Wildman–Crippen MR) is 83.2 cm³/mol. The van der Waals surface area contributed by atoms with Crippen LogP contribution >= 0.6 is 15.9 Å². The summed E-state index contributed by atoms with van der Waals surface area (Å²) in [4.78, 5) is 4.40. The van der Waals surface area contributed by atoms with Crippen LogP contribution in [-0.2, 0) is 10.0 Å². The van der Waals surface area contributed by atoms with E-state index in [0.29, 0.717) is 22.8 Å². The van der Waals surface area contributed by atoms with E-state index in [2.05, 4.69) is 26.2 Å². The fourth-order valence-corrected chi connectivity index (χ4v) is 4.22. The molecule has 0 radical (unpaired) electrons. The van der Waals surface area contributed by atoms with Gasteiger partial charge in [-0.05, 0) is 54.6 Å². The molecule has 0 aliphatic heterocycles. The summed E-state index contributed by atoms with van der Waals surface area (Å²) in [6, 6.07) is 1.63. The molecule has 1 N–H and O–H groups in total. The maximum atomic E-state index is 12.8. The van der Waals surface area contributed by atoms with Crippen molar-refractivity contribution in [2.75, 3.05) is 18.9 Å². The molecule has 1 saturated carbocycles. The molecule has 1 atom stereocenters. The molecule has 20 heavy (non-hydrogen) atoms. The van der Waals surface area contributed by atoms with Gasteiger partial charge >= 0.3 is 0 Å². The third kappa shape index (κ3) is 3.15. The molecular formula is C13H20BrN3O2S. The molecule has 0 spiro atoms. The fourth-order valence-electron chi connectivity index (χ4n) is 2.17. The van der Waals surface area contributed by atoms with E-state index in [1.165, 1.54) is 4.31 Å². The molecule has 0 aromatic carbocycles. The predicted octanol–water partition coefficient (Wildman–Crippen LogP) is 2.69. The van der Waals surface area contributed by atoms with E-state index < -0.39 is 10.0 Å². The van der Waals surface area contributed by atoms with Gasteiger partial charge in [-0.2, -0.15) is 4.31 Å². The second kappa shape index (κ2) is 5.99. The third-order valence-corrected chi connectivity index (χ3v) is 6.09. The van der Waals surface area contributed by atoms with Gasteiger partial charge in [-0.25, -0.2) is 13.4 Å². The smallest absolute Gasteiger partial charge is 0.246 e. The molecule has 0 amide bonds. The van der Waals surface area contributed by atoms with Crippen molar-refractivity contribution in [1.82, 2.24) is 9.29 Å². The fraction of sp³-hybridized carbons (Fsp3) is 0.615. The Morgan fingerprint density at radius 1 is 1.55 bits per heavy atom. The van der Waals surface area contributed by atoms with Gasteiger partial charge < -0.3 is 5.32 Å². The Balaban J connectivity index is 2.39. The first-order valence-corrected chi connectivity index (χ1v) is 8.98. The van der Waals surface area contributed by atoms with Crippen LogP contribution in [0.15, 0.2) is 21.6 Å². The molecule has 5 nitrogen and oxygen atoms in total. The van der Waals surface area contributed by atoms with Gasteiger partial charge in [0.15, 0.2) is 0 Å². The molecule has 112 valence electrons. The number of halogens is 1. The van der Waals surface area contributed by atoms with E-state index in [1.807, 2.05) is 13.8 Å². The second-order valence-corrected chi connectivity index (χ2v) is 8.01. The lowest BCUT2D eigenvalue weighted by Gasteiger charge is -2.25. The van der Waals surface area contributed by atoms with E-state index in [1.54, 1.807) is 19.3 Å². The van der Waals surface area contributed by atoms with Crippen LogP contribution < -0.4 is 5.32 Å². The number of sulfonamides is 1. The van der Waals surface area contributed by atoms with E-state index >= 15 is 0 Å². The van der Waals surface area contributed by atoms with Crippen molar-refractivity contribution < 1.29 is 8.42 Å². The molecule has 1 unspecified atom stereocenters. The van der Waals surface area contributed by atoms with Crippen LogP contribution in [0.25, 0.3) is 0 Å². The zero-order valence-electron chi connectivity index (χ0n) is 11.9. The molecule has 1 aromatic heterocycles. The third-order valence-electron chi connectivity index (χ3n) is 3.70. The summed E-state index contributed by atoms with van der Waals surface area (Å²) >= 11 is 3.29. The monoisotopic (exact) mass is 361 g/mol. The van der Waals surface area contributed by atoms with Crippen molar-refractivity contribution in [2.24, 2.45) is 5.92 Å². The highest BCUT2D eigenvalue weighted by Crippen LogP contribution is 2.37. The Labute approximate surface area is 129 Å². The van der Waals surface area contributed by atoms with Crippen molar-refractivity contribution in [2.45, 2.75) is 37.6 Å². The van der Waals surface area contributed by atoms with Gasteiger partial charge in [-0.1, -0.05) is 0 Å². The maximum Gasteiger partial charge on any atom is 0.246 e. The topological polar surface area (TPSA) is 62.3 Å². The zero-order chi connectivity index (χ0) is 14.9. The molecule has 1 aliphatic carbocycles. The van der Waals surface area contributed by atoms with Crippen LogP contribution in [-0.4, -0.2) is 37.3 Å². The highest BCUT2D eigenvalue weighted by molar-refractivity contribution is 9.10. The van der Waals surface area contributed by atoms with Gasteiger partial charge in [-0.3, -0.25) is 0 Å². The second-order valence-electron chi connectivity index (χ2n) is 5.13. The quantitative estimate of drug-likeness (QED) is 0.845. The first-order chi connectivity index (χ1) is 9.37. The summed E-state index contributed by atoms with van der Waals surface area (Å²) in [7, 11) is -1.89. The largest absolute Gasteiger partial charge is 0.369 e. The van der Waals surface area contributed by atoms with Crippen LogP contribution in [0, 0.1) is 5.92 Å². The zero-order valence-corrected chi connectivity index (χ0v) is 14.3. The summed E-state index contributed by atoms with van der Waals surface area (Å²) in [5.41, 5.74) is 0. The molecule has 1 aromatic rings. The molecule has 0 bridgehead atoms. The number of nitrogens with one attached hydrogen (secondary N) is 1. The van der Waals surface area contributed by atoms with E-state index in [-0.39, 0.29) is 10.9 Å². The lowest BCUT2D eigenvalue weighted by atomic mass is 10.2. The highest BCUT2D eigenvalue weighted by Gasteiger charge is 2.37. The van der Waals surface area contributed by atoms with Crippen molar-refractivity contribution >= 4 is 31.8 Å². The van der Waals surface area contributed by atoms with Crippen LogP contribution in [0.1, 0.15) is 26.7 Å². The molecule has 0 saturated heterocycles. The average molecular weight is 362 g/mol. The minimum Gasteiger partial charge on any atom is -0.369 e. The van der Waals surface area contributed by atoms with Crippen molar-refractivity contribution in [3.63, 3.8) is 0 Å².